The van der Waals surface area contributed by atoms with Crippen LogP contribution in [0, 0.1) is 0 Å². The van der Waals surface area contributed by atoms with Crippen LogP contribution in [-0.2, 0) is 76.8 Å². The monoisotopic (exact) mass is 1190 g/mol. The molecule has 86 heavy (non-hydrogen) atoms. The van der Waals surface area contributed by atoms with E-state index in [0.717, 1.165) is 4.90 Å². The predicted molar refractivity (Wildman–Crippen MR) is 311 cm³/mol. The van der Waals surface area contributed by atoms with Crippen molar-refractivity contribution < 1.29 is 62.7 Å². The molecule has 2 aliphatic heterocycles. The number of rotatable bonds is 20. The number of benzene rings is 2. The Balaban J connectivity index is 1.38. The van der Waals surface area contributed by atoms with Gasteiger partial charge in [0, 0.05) is 74.8 Å². The molecule has 4 heterocycles. The number of amides is 9. The minimum Gasteiger partial charge on any atom is -0.480 e. The number of H-pyrrole nitrogens is 2. The lowest BCUT2D eigenvalue weighted by Crippen LogP contribution is -2.61. The van der Waals surface area contributed by atoms with E-state index in [1.54, 1.807) is 48.7 Å². The van der Waals surface area contributed by atoms with Crippen molar-refractivity contribution in [2.24, 2.45) is 16.5 Å². The number of aliphatic imine (C=N–C) groups is 1. The van der Waals surface area contributed by atoms with Crippen molar-refractivity contribution in [3.8, 4) is 0 Å². The molecule has 2 fully saturated rings. The summed E-state index contributed by atoms with van der Waals surface area (Å²) in [7, 11) is 0. The van der Waals surface area contributed by atoms with Gasteiger partial charge in [0.25, 0.3) is 0 Å². The van der Waals surface area contributed by atoms with E-state index in [0.29, 0.717) is 47.0 Å². The molecule has 0 spiro atoms. The average molecular weight is 1200 g/mol. The number of aromatic amines is 2. The van der Waals surface area contributed by atoms with E-state index < -0.39 is 126 Å². The molecule has 8 atom stereocenters. The Bertz CT molecular complexity index is 3020. The number of imidazole rings is 1. The van der Waals surface area contributed by atoms with Crippen LogP contribution >= 0.6 is 0 Å². The topological polar surface area (TPSA) is 438 Å². The lowest BCUT2D eigenvalue weighted by atomic mass is 10.0. The smallest absolute Gasteiger partial charge is 0.327 e. The zero-order chi connectivity index (χ0) is 62.1. The Morgan fingerprint density at radius 3 is 2.16 bits per heavy atom. The fourth-order valence-electron chi connectivity index (χ4n) is 10.0. The average Bonchev–Trinajstić information content (AvgIpc) is 3.10. The fourth-order valence-corrected chi connectivity index (χ4v) is 10.0. The third-order valence-corrected chi connectivity index (χ3v) is 14.5. The number of guanidine groups is 1. The number of hydroxylamine groups is 1. The number of carboxylic acid groups (broad SMARTS) is 1. The van der Waals surface area contributed by atoms with Gasteiger partial charge in [0.05, 0.1) is 19.3 Å². The predicted octanol–water partition coefficient (Wildman–Crippen LogP) is -1.61. The number of aliphatic carboxylic acids is 1. The van der Waals surface area contributed by atoms with E-state index in [4.69, 9.17) is 16.3 Å². The summed E-state index contributed by atoms with van der Waals surface area (Å²) in [6.07, 6.45) is 5.28. The van der Waals surface area contributed by atoms with Gasteiger partial charge in [-0.15, -0.1) is 0 Å². The maximum Gasteiger partial charge on any atom is 0.327 e. The normalized spacial score (nSPS) is 21.8. The number of carbonyl (C=O) groups is 11. The molecule has 0 unspecified atom stereocenters. The molecule has 0 saturated carbocycles. The lowest BCUT2D eigenvalue weighted by molar-refractivity contribution is -0.153. The summed E-state index contributed by atoms with van der Waals surface area (Å²) >= 11 is 0. The first kappa shape index (κ1) is 65.7. The molecule has 29 heteroatoms. The number of para-hydroxylation sites is 1. The van der Waals surface area contributed by atoms with Crippen LogP contribution in [0.3, 0.4) is 0 Å². The molecular formula is C57H78N16O13. The van der Waals surface area contributed by atoms with E-state index in [9.17, 15) is 57.8 Å². The van der Waals surface area contributed by atoms with E-state index in [2.05, 4.69) is 68.0 Å². The highest BCUT2D eigenvalue weighted by Crippen LogP contribution is 2.21. The molecule has 4 aromatic rings. The Morgan fingerprint density at radius 1 is 0.791 bits per heavy atom. The van der Waals surface area contributed by atoms with E-state index >= 15 is 0 Å². The van der Waals surface area contributed by atoms with Crippen LogP contribution in [0.4, 0.5) is 0 Å². The van der Waals surface area contributed by atoms with Crippen molar-refractivity contribution in [2.75, 3.05) is 26.2 Å². The second-order valence-corrected chi connectivity index (χ2v) is 21.1. The van der Waals surface area contributed by atoms with Crippen molar-refractivity contribution in [3.05, 3.63) is 90.1 Å². The van der Waals surface area contributed by atoms with Gasteiger partial charge >= 0.3 is 11.9 Å². The maximum atomic E-state index is 14.9. The van der Waals surface area contributed by atoms with Gasteiger partial charge in [-0.25, -0.2) is 9.78 Å². The van der Waals surface area contributed by atoms with Gasteiger partial charge in [0.15, 0.2) is 5.96 Å². The molecule has 6 rings (SSSR count). The molecule has 0 bridgehead atoms. The highest BCUT2D eigenvalue weighted by Gasteiger charge is 2.37. The summed E-state index contributed by atoms with van der Waals surface area (Å²) in [6.45, 7) is 2.61. The molecule has 29 nitrogen and oxygen atoms in total. The van der Waals surface area contributed by atoms with Crippen molar-refractivity contribution in [2.45, 2.75) is 152 Å². The molecular weight excluding hydrogens is 1120 g/mol. The lowest BCUT2D eigenvalue weighted by Gasteiger charge is -2.28. The molecule has 2 saturated heterocycles. The summed E-state index contributed by atoms with van der Waals surface area (Å²) in [5.41, 5.74) is 16.0. The van der Waals surface area contributed by atoms with E-state index in [-0.39, 0.29) is 89.8 Å². The first-order chi connectivity index (χ1) is 41.3. The molecule has 2 aromatic heterocycles. The number of carboxylic acids is 1. The summed E-state index contributed by atoms with van der Waals surface area (Å²) in [4.78, 5) is 174. The number of hydrogen-bond donors (Lipinski definition) is 14. The number of fused-ring (bicyclic) bond motifs is 1. The molecule has 2 aromatic carbocycles. The highest BCUT2D eigenvalue weighted by molar-refractivity contribution is 5.99. The summed E-state index contributed by atoms with van der Waals surface area (Å²) in [5.74, 6) is -9.82. The number of nitrogens with one attached hydrogen (secondary N) is 11. The minimum absolute atomic E-state index is 0.00966. The maximum absolute atomic E-state index is 14.9. The third kappa shape index (κ3) is 20.4. The number of aromatic nitrogens is 3. The third-order valence-electron chi connectivity index (χ3n) is 14.5. The SMILES string of the molecule is CCCC[C@H](NC(C)=O)C(=O)N[C@H]1CC(=O)ONCCCC[C@@H](C(=O)NCC(=O)N2CCC[C@H]2C(=O)O)NC(=O)[C@H](Cc2c[nH]c3ccccc23)NC(=O)[C@H](CCCN=C(N)N)NC(=O)[C@@H](Cc2ccccc2)NC(=O)[C@H](Cc2cnc[nH]2)NC1=O. The second kappa shape index (κ2) is 33.2. The Kier molecular flexibility index (Phi) is 25.4. The summed E-state index contributed by atoms with van der Waals surface area (Å²) in [6, 6.07) is 4.59. The van der Waals surface area contributed by atoms with Gasteiger partial charge in [-0.3, -0.25) is 52.9 Å². The van der Waals surface area contributed by atoms with E-state index in [1.807, 2.05) is 19.1 Å². The van der Waals surface area contributed by atoms with Gasteiger partial charge in [0.2, 0.25) is 53.2 Å². The van der Waals surface area contributed by atoms with Crippen molar-refractivity contribution >= 4 is 82.0 Å². The van der Waals surface area contributed by atoms with Gasteiger partial charge in [-0.2, -0.15) is 5.48 Å². The van der Waals surface area contributed by atoms with E-state index in [1.165, 1.54) is 19.4 Å². The van der Waals surface area contributed by atoms with Crippen molar-refractivity contribution in [3.63, 3.8) is 0 Å². The molecule has 0 aliphatic carbocycles. The summed E-state index contributed by atoms with van der Waals surface area (Å²) < 4.78 is 0. The number of nitrogens with zero attached hydrogens (tertiary/aromatic N) is 3. The molecule has 2 aliphatic rings. The van der Waals surface area contributed by atoms with Crippen LogP contribution in [0.25, 0.3) is 10.9 Å². The quantitative estimate of drug-likeness (QED) is 0.0269. The van der Waals surface area contributed by atoms with Gasteiger partial charge < -0.3 is 78.8 Å². The first-order valence-electron chi connectivity index (χ1n) is 28.7. The molecule has 9 amide bonds. The zero-order valence-corrected chi connectivity index (χ0v) is 48.1. The number of likely N-dealkylation sites (tertiary alicyclic amines) is 1. The number of hydrogen-bond acceptors (Lipinski definition) is 15. The second-order valence-electron chi connectivity index (χ2n) is 21.1. The standard InChI is InChI=1S/C57H78N16O13/c1-3-4-17-40(66-33(2)74)50(78)72-45-28-48(76)86-65-23-11-10-19-39(49(77)63-31-47(75)73-24-13-21-46(73)56(84)85)67-53(81)43(26-35-29-62-38-18-9-8-16-37(35)38)70-51(79)41(20-12-22-61-57(58)59)68-52(80)42(25-34-14-6-5-7-15-34)69-54(82)44(71-55(45)83)27-36-30-60-32-64-36/h5-9,14-16,18,29-30,32,39-46,62,65H,3-4,10-13,17,19-28,31H2,1-2H3,(H,60,64)(H,63,77)(H,66,74)(H,67,81)(H,68,80)(H,69,82)(H,70,79)(H,71,83)(H,72,78)(H,84,85)(H4,58,59,61)/t39-,40-,41-,42+,43-,44-,45-,46-/m0/s1. The first-order valence-corrected chi connectivity index (χ1v) is 28.7. The Labute approximate surface area is 495 Å². The van der Waals surface area contributed by atoms with Crippen LogP contribution in [-0.4, -0.2) is 171 Å². The number of nitrogens with two attached hydrogens (primary N) is 2. The van der Waals surface area contributed by atoms with Crippen LogP contribution < -0.4 is 59.5 Å². The number of carbonyl (C=O) groups excluding carboxylic acids is 10. The molecule has 16 N–H and O–H groups in total. The van der Waals surface area contributed by atoms with Crippen LogP contribution in [0.15, 0.2) is 78.3 Å². The van der Waals surface area contributed by atoms with Gasteiger partial charge in [0.1, 0.15) is 48.3 Å². The Morgan fingerprint density at radius 2 is 1.47 bits per heavy atom. The largest absolute Gasteiger partial charge is 0.480 e. The molecule has 464 valence electrons. The molecule has 0 radical (unpaired) electrons. The van der Waals surface area contributed by atoms with Crippen molar-refractivity contribution in [1.82, 2.24) is 67.9 Å². The van der Waals surface area contributed by atoms with Crippen LogP contribution in [0.5, 0.6) is 0 Å². The fraction of sp³-hybridized carbons (Fsp3) is 0.491. The number of unbranched alkanes of at least 4 members (excludes halogenated alkanes) is 1. The minimum atomic E-state index is -1.71. The van der Waals surface area contributed by atoms with Gasteiger partial charge in [-0.05, 0) is 68.6 Å². The Hall–Kier alpha value is -9.41. The van der Waals surface area contributed by atoms with Crippen LogP contribution in [0.2, 0.25) is 0 Å². The zero-order valence-electron chi connectivity index (χ0n) is 48.1. The van der Waals surface area contributed by atoms with Gasteiger partial charge in [-0.1, -0.05) is 68.3 Å². The van der Waals surface area contributed by atoms with Crippen molar-refractivity contribution in [1.29, 1.82) is 0 Å². The highest BCUT2D eigenvalue weighted by atomic mass is 16.7. The summed E-state index contributed by atoms with van der Waals surface area (Å²) in [5, 5.41) is 31.7. The van der Waals surface area contributed by atoms with Crippen LogP contribution in [0.1, 0.15) is 101 Å².